The van der Waals surface area contributed by atoms with Gasteiger partial charge in [0, 0.05) is 17.4 Å². The van der Waals surface area contributed by atoms with E-state index in [1.807, 2.05) is 6.07 Å². The van der Waals surface area contributed by atoms with E-state index >= 15 is 0 Å². The Morgan fingerprint density at radius 3 is 2.67 bits per heavy atom. The molecule has 0 saturated carbocycles. The van der Waals surface area contributed by atoms with Crippen LogP contribution in [-0.2, 0) is 0 Å². The van der Waals surface area contributed by atoms with Crippen molar-refractivity contribution in [3.05, 3.63) is 77.6 Å². The molecule has 1 heterocycles. The second-order valence-corrected chi connectivity index (χ2v) is 5.64. The van der Waals surface area contributed by atoms with Crippen LogP contribution in [0.2, 0.25) is 0 Å². The molecule has 0 atom stereocenters. The van der Waals surface area contributed by atoms with Crippen LogP contribution in [0.15, 0.2) is 60.8 Å². The molecule has 7 nitrogen and oxygen atoms in total. The molecular formula is C20H15N5O2. The number of benzene rings is 2. The van der Waals surface area contributed by atoms with Gasteiger partial charge in [-0.2, -0.15) is 5.26 Å². The summed E-state index contributed by atoms with van der Waals surface area (Å²) in [6, 6.07) is 17.1. The molecule has 27 heavy (non-hydrogen) atoms. The predicted octanol–water partition coefficient (Wildman–Crippen LogP) is 3.55. The number of aromatic nitrogens is 2. The molecule has 0 aliphatic heterocycles. The second-order valence-electron chi connectivity index (χ2n) is 5.64. The Morgan fingerprint density at radius 2 is 1.89 bits per heavy atom. The number of para-hydroxylation sites is 1. The van der Waals surface area contributed by atoms with Crippen LogP contribution in [0.1, 0.15) is 33.3 Å². The molecule has 2 aromatic carbocycles. The number of amides is 1. The van der Waals surface area contributed by atoms with Gasteiger partial charge in [0.1, 0.15) is 11.8 Å². The monoisotopic (exact) mass is 357 g/mol. The standard InChI is InChI=1S/C20H15N5O2/c1-13(26)14-6-4-7-16(11-14)23-20-22-10-9-18(25-20)19(27)24-17-8-3-2-5-15(17)12-21/h2-11H,1H3,(H,24,27)(H,22,23,25). The van der Waals surface area contributed by atoms with Crippen LogP contribution < -0.4 is 10.6 Å². The topological polar surface area (TPSA) is 108 Å². The molecule has 1 aromatic heterocycles. The lowest BCUT2D eigenvalue weighted by molar-refractivity contribution is 0.101. The Balaban J connectivity index is 1.79. The van der Waals surface area contributed by atoms with Crippen molar-refractivity contribution in [1.29, 1.82) is 5.26 Å². The number of rotatable bonds is 5. The van der Waals surface area contributed by atoms with E-state index < -0.39 is 5.91 Å². The number of nitrogens with one attached hydrogen (secondary N) is 2. The quantitative estimate of drug-likeness (QED) is 0.676. The van der Waals surface area contributed by atoms with Gasteiger partial charge in [-0.15, -0.1) is 0 Å². The smallest absolute Gasteiger partial charge is 0.274 e. The molecule has 132 valence electrons. The first-order chi connectivity index (χ1) is 13.1. The summed E-state index contributed by atoms with van der Waals surface area (Å²) in [5.41, 5.74) is 2.10. The molecule has 1 amide bonds. The number of anilines is 3. The van der Waals surface area contributed by atoms with Gasteiger partial charge in [-0.25, -0.2) is 9.97 Å². The second kappa shape index (κ2) is 7.89. The molecule has 0 aliphatic carbocycles. The first kappa shape index (κ1) is 17.8. The Kier molecular flexibility index (Phi) is 5.19. The predicted molar refractivity (Wildman–Crippen MR) is 101 cm³/mol. The number of ketones is 1. The van der Waals surface area contributed by atoms with E-state index in [1.165, 1.54) is 19.2 Å². The minimum atomic E-state index is -0.458. The summed E-state index contributed by atoms with van der Waals surface area (Å²) >= 11 is 0. The zero-order valence-corrected chi connectivity index (χ0v) is 14.4. The van der Waals surface area contributed by atoms with Crippen molar-refractivity contribution in [2.75, 3.05) is 10.6 Å². The Morgan fingerprint density at radius 1 is 1.07 bits per heavy atom. The van der Waals surface area contributed by atoms with Gasteiger partial charge >= 0.3 is 0 Å². The highest BCUT2D eigenvalue weighted by atomic mass is 16.2. The van der Waals surface area contributed by atoms with Gasteiger partial charge in [0.25, 0.3) is 5.91 Å². The lowest BCUT2D eigenvalue weighted by atomic mass is 10.1. The van der Waals surface area contributed by atoms with E-state index in [1.54, 1.807) is 48.5 Å². The average Bonchev–Trinajstić information content (AvgIpc) is 2.69. The minimum Gasteiger partial charge on any atom is -0.324 e. The van der Waals surface area contributed by atoms with E-state index in [-0.39, 0.29) is 17.4 Å². The number of hydrogen-bond donors (Lipinski definition) is 2. The van der Waals surface area contributed by atoms with Crippen LogP contribution in [0.5, 0.6) is 0 Å². The fourth-order valence-electron chi connectivity index (χ4n) is 2.37. The summed E-state index contributed by atoms with van der Waals surface area (Å²) in [4.78, 5) is 32.2. The molecule has 0 unspecified atom stereocenters. The summed E-state index contributed by atoms with van der Waals surface area (Å²) in [5, 5.41) is 14.8. The zero-order valence-electron chi connectivity index (χ0n) is 14.4. The summed E-state index contributed by atoms with van der Waals surface area (Å²) in [6.07, 6.45) is 1.45. The van der Waals surface area contributed by atoms with Crippen molar-refractivity contribution in [1.82, 2.24) is 9.97 Å². The van der Waals surface area contributed by atoms with Gasteiger partial charge in [0.2, 0.25) is 5.95 Å². The Hall–Kier alpha value is -4.05. The Labute approximate surface area is 155 Å². The van der Waals surface area contributed by atoms with E-state index in [0.717, 1.165) is 0 Å². The van der Waals surface area contributed by atoms with Gasteiger partial charge in [-0.3, -0.25) is 9.59 Å². The summed E-state index contributed by atoms with van der Waals surface area (Å²) < 4.78 is 0. The molecule has 0 saturated heterocycles. The maximum atomic E-state index is 12.4. The van der Waals surface area contributed by atoms with Gasteiger partial charge in [0.05, 0.1) is 11.3 Å². The van der Waals surface area contributed by atoms with Crippen molar-refractivity contribution >= 4 is 29.0 Å². The number of nitrogens with zero attached hydrogens (tertiary/aromatic N) is 3. The van der Waals surface area contributed by atoms with E-state index in [4.69, 9.17) is 5.26 Å². The summed E-state index contributed by atoms with van der Waals surface area (Å²) in [7, 11) is 0. The first-order valence-corrected chi connectivity index (χ1v) is 8.08. The highest BCUT2D eigenvalue weighted by Crippen LogP contribution is 2.17. The van der Waals surface area contributed by atoms with E-state index in [0.29, 0.717) is 22.5 Å². The number of carbonyl (C=O) groups excluding carboxylic acids is 2. The maximum Gasteiger partial charge on any atom is 0.274 e. The molecular weight excluding hydrogens is 342 g/mol. The SMILES string of the molecule is CC(=O)c1cccc(Nc2nccc(C(=O)Nc3ccccc3C#N)n2)c1. The fraction of sp³-hybridized carbons (Fsp3) is 0.0500. The third-order valence-corrected chi connectivity index (χ3v) is 3.71. The molecule has 3 rings (SSSR count). The van der Waals surface area contributed by atoms with Crippen molar-refractivity contribution in [3.63, 3.8) is 0 Å². The first-order valence-electron chi connectivity index (χ1n) is 8.08. The molecule has 0 radical (unpaired) electrons. The molecule has 0 fully saturated rings. The van der Waals surface area contributed by atoms with Crippen LogP contribution >= 0.6 is 0 Å². The lowest BCUT2D eigenvalue weighted by Crippen LogP contribution is -2.15. The number of nitriles is 1. The van der Waals surface area contributed by atoms with Crippen LogP contribution in [0.3, 0.4) is 0 Å². The maximum absolute atomic E-state index is 12.4. The van der Waals surface area contributed by atoms with Crippen LogP contribution in [0.4, 0.5) is 17.3 Å². The fourth-order valence-corrected chi connectivity index (χ4v) is 2.37. The van der Waals surface area contributed by atoms with Gasteiger partial charge < -0.3 is 10.6 Å². The van der Waals surface area contributed by atoms with Crippen molar-refractivity contribution in [2.45, 2.75) is 6.92 Å². The molecule has 2 N–H and O–H groups in total. The zero-order chi connectivity index (χ0) is 19.2. The largest absolute Gasteiger partial charge is 0.324 e. The summed E-state index contributed by atoms with van der Waals surface area (Å²) in [5.74, 6) is -0.290. The third kappa shape index (κ3) is 4.32. The van der Waals surface area contributed by atoms with E-state index in [9.17, 15) is 9.59 Å². The molecule has 0 bridgehead atoms. The highest BCUT2D eigenvalue weighted by Gasteiger charge is 2.12. The van der Waals surface area contributed by atoms with Crippen molar-refractivity contribution in [2.24, 2.45) is 0 Å². The summed E-state index contributed by atoms with van der Waals surface area (Å²) in [6.45, 7) is 1.49. The van der Waals surface area contributed by atoms with Crippen molar-refractivity contribution in [3.8, 4) is 6.07 Å². The van der Waals surface area contributed by atoms with Crippen LogP contribution in [0, 0.1) is 11.3 Å². The normalized spacial score (nSPS) is 9.93. The van der Waals surface area contributed by atoms with Gasteiger partial charge in [-0.1, -0.05) is 24.3 Å². The van der Waals surface area contributed by atoms with Gasteiger partial charge in [0.15, 0.2) is 5.78 Å². The molecule has 0 spiro atoms. The number of carbonyl (C=O) groups is 2. The van der Waals surface area contributed by atoms with Crippen LogP contribution in [-0.4, -0.2) is 21.7 Å². The van der Waals surface area contributed by atoms with E-state index in [2.05, 4.69) is 20.6 Å². The van der Waals surface area contributed by atoms with Crippen LogP contribution in [0.25, 0.3) is 0 Å². The highest BCUT2D eigenvalue weighted by molar-refractivity contribution is 6.03. The number of hydrogen-bond acceptors (Lipinski definition) is 6. The van der Waals surface area contributed by atoms with Gasteiger partial charge in [-0.05, 0) is 37.3 Å². The molecule has 3 aromatic rings. The third-order valence-electron chi connectivity index (χ3n) is 3.71. The van der Waals surface area contributed by atoms with Crippen molar-refractivity contribution < 1.29 is 9.59 Å². The number of Topliss-reactive ketones (excluding diaryl/α,β-unsaturated/α-hetero) is 1. The molecule has 0 aliphatic rings. The Bertz CT molecular complexity index is 1060. The molecule has 7 heteroatoms. The minimum absolute atomic E-state index is 0.0520. The lowest BCUT2D eigenvalue weighted by Gasteiger charge is -2.09. The average molecular weight is 357 g/mol.